The van der Waals surface area contributed by atoms with Crippen LogP contribution in [0, 0.1) is 5.92 Å². The van der Waals surface area contributed by atoms with Crippen molar-refractivity contribution in [3.05, 3.63) is 48.6 Å². The predicted molar refractivity (Wildman–Crippen MR) is 66.9 cm³/mol. The summed E-state index contributed by atoms with van der Waals surface area (Å²) in [4.78, 5) is 12.5. The first-order valence-corrected chi connectivity index (χ1v) is 7.16. The average Bonchev–Trinajstić information content (AvgIpc) is 2.68. The van der Waals surface area contributed by atoms with Crippen molar-refractivity contribution in [2.45, 2.75) is 4.82 Å². The number of phenols is 1. The van der Waals surface area contributed by atoms with Gasteiger partial charge in [0, 0.05) is 0 Å². The van der Waals surface area contributed by atoms with Crippen molar-refractivity contribution in [1.29, 1.82) is 0 Å². The van der Waals surface area contributed by atoms with E-state index in [1.54, 1.807) is 18.2 Å². The van der Waals surface area contributed by atoms with E-state index in [1.807, 2.05) is 28.2 Å². The van der Waals surface area contributed by atoms with Gasteiger partial charge in [-0.3, -0.25) is 0 Å². The summed E-state index contributed by atoms with van der Waals surface area (Å²) in [7, 11) is 0. The molecule has 1 aliphatic carbocycles. The van der Waals surface area contributed by atoms with E-state index in [-0.39, 0.29) is 32.7 Å². The molecule has 0 aromatic heterocycles. The van der Waals surface area contributed by atoms with Crippen LogP contribution in [-0.2, 0) is 4.79 Å². The van der Waals surface area contributed by atoms with Crippen LogP contribution in [0.4, 0.5) is 5.69 Å². The van der Waals surface area contributed by atoms with E-state index in [2.05, 4.69) is 6.08 Å². The van der Waals surface area contributed by atoms with Gasteiger partial charge in [-0.05, 0) is 0 Å². The van der Waals surface area contributed by atoms with Gasteiger partial charge in [0.15, 0.2) is 0 Å². The Hall–Kier alpha value is -1.51. The molecule has 0 radical (unpaired) electrons. The van der Waals surface area contributed by atoms with Crippen molar-refractivity contribution in [3.8, 4) is 5.75 Å². The number of hydrogen-bond acceptors (Lipinski definition) is 2. The molecule has 1 aliphatic heterocycles. The van der Waals surface area contributed by atoms with Gasteiger partial charge < -0.3 is 0 Å². The van der Waals surface area contributed by atoms with E-state index < -0.39 is 0 Å². The molecule has 1 fully saturated rings. The third kappa shape index (κ3) is 1.79. The molecule has 1 aromatic rings. The molecule has 0 spiro atoms. The first-order chi connectivity index (χ1) is 8.25. The molecule has 0 saturated carbocycles. The first kappa shape index (κ1) is 10.6. The van der Waals surface area contributed by atoms with Gasteiger partial charge in [-0.25, -0.2) is 0 Å². The van der Waals surface area contributed by atoms with Crippen LogP contribution < -0.4 is 3.92 Å². The molecule has 2 atom stereocenters. The number of amides is 1. The number of nitrogens with zero attached hydrogens (tertiary/aromatic N) is 1. The molecule has 17 heavy (non-hydrogen) atoms. The van der Waals surface area contributed by atoms with Crippen LogP contribution in [0.3, 0.4) is 0 Å². The van der Waals surface area contributed by atoms with E-state index in [9.17, 15) is 9.90 Å². The summed E-state index contributed by atoms with van der Waals surface area (Å²) >= 11 is 0.0802. The molecule has 86 valence electrons. The predicted octanol–water partition coefficient (Wildman–Crippen LogP) is 1.89. The van der Waals surface area contributed by atoms with Crippen LogP contribution in [0.1, 0.15) is 0 Å². The van der Waals surface area contributed by atoms with Crippen LogP contribution >= 0.6 is 0 Å². The van der Waals surface area contributed by atoms with E-state index in [4.69, 9.17) is 0 Å². The Balaban J connectivity index is 1.93. The molecule has 4 heteroatoms. The third-order valence-electron chi connectivity index (χ3n) is 2.86. The normalized spacial score (nSPS) is 26.4. The molecule has 3 nitrogen and oxygen atoms in total. The number of carbonyl (C=O) groups excluding carboxylic acids is 1. The zero-order chi connectivity index (χ0) is 11.8. The summed E-state index contributed by atoms with van der Waals surface area (Å²) in [5, 5.41) is 9.46. The molecule has 1 heterocycles. The van der Waals surface area contributed by atoms with Crippen LogP contribution in [-0.4, -0.2) is 26.2 Å². The SMILES string of the molecule is O=C1C2C=CC=CC2[Se]N1c1cccc(O)c1. The fourth-order valence-electron chi connectivity index (χ4n) is 2.03. The Morgan fingerprint density at radius 2 is 2.06 bits per heavy atom. The number of hydrogen-bond donors (Lipinski definition) is 1. The number of allylic oxidation sites excluding steroid dienone is 3. The number of benzene rings is 1. The average molecular weight is 292 g/mol. The van der Waals surface area contributed by atoms with E-state index >= 15 is 0 Å². The van der Waals surface area contributed by atoms with Crippen molar-refractivity contribution < 1.29 is 9.90 Å². The Bertz CT molecular complexity index is 524. The molecule has 1 saturated heterocycles. The molecule has 1 N–H and O–H groups in total. The Morgan fingerprint density at radius 1 is 1.24 bits per heavy atom. The van der Waals surface area contributed by atoms with Crippen LogP contribution in [0.2, 0.25) is 4.82 Å². The Morgan fingerprint density at radius 3 is 2.82 bits per heavy atom. The van der Waals surface area contributed by atoms with Gasteiger partial charge in [-0.15, -0.1) is 0 Å². The van der Waals surface area contributed by atoms with Gasteiger partial charge in [-0.1, -0.05) is 0 Å². The minimum atomic E-state index is -0.0117. The molecule has 3 rings (SSSR count). The molecular formula is C13H11NO2Se. The second-order valence-electron chi connectivity index (χ2n) is 4.02. The summed E-state index contributed by atoms with van der Waals surface area (Å²) < 4.78 is 1.81. The van der Waals surface area contributed by atoms with Gasteiger partial charge in [0.2, 0.25) is 0 Å². The second-order valence-corrected chi connectivity index (χ2v) is 6.37. The molecule has 1 amide bonds. The van der Waals surface area contributed by atoms with Crippen LogP contribution in [0.5, 0.6) is 5.75 Å². The van der Waals surface area contributed by atoms with Crippen LogP contribution in [0.15, 0.2) is 48.6 Å². The standard InChI is InChI=1S/C13H11NO2Se/c15-10-5-3-4-9(8-10)14-13(16)11-6-1-2-7-12(11)17-14/h1-8,11-12,15H. The minimum absolute atomic E-state index is 0.0117. The summed E-state index contributed by atoms with van der Waals surface area (Å²) in [6.07, 6.45) is 8.01. The van der Waals surface area contributed by atoms with Gasteiger partial charge in [0.1, 0.15) is 0 Å². The monoisotopic (exact) mass is 293 g/mol. The molecule has 0 bridgehead atoms. The van der Waals surface area contributed by atoms with Gasteiger partial charge in [0.25, 0.3) is 0 Å². The Labute approximate surface area is 106 Å². The van der Waals surface area contributed by atoms with Gasteiger partial charge in [-0.2, -0.15) is 0 Å². The number of fused-ring (bicyclic) bond motifs is 1. The number of carbonyl (C=O) groups is 1. The maximum atomic E-state index is 12.2. The number of anilines is 1. The van der Waals surface area contributed by atoms with E-state index in [1.165, 1.54) is 0 Å². The molecule has 1 aromatic carbocycles. The van der Waals surface area contributed by atoms with E-state index in [0.29, 0.717) is 4.82 Å². The first-order valence-electron chi connectivity index (χ1n) is 5.40. The Kier molecular flexibility index (Phi) is 2.54. The van der Waals surface area contributed by atoms with Crippen molar-refractivity contribution in [2.24, 2.45) is 5.92 Å². The summed E-state index contributed by atoms with van der Waals surface area (Å²) in [5.74, 6) is 0.329. The van der Waals surface area contributed by atoms with Crippen molar-refractivity contribution in [2.75, 3.05) is 3.92 Å². The number of aromatic hydroxyl groups is 1. The van der Waals surface area contributed by atoms with Gasteiger partial charge >= 0.3 is 106 Å². The van der Waals surface area contributed by atoms with Gasteiger partial charge in [0.05, 0.1) is 0 Å². The van der Waals surface area contributed by atoms with Crippen molar-refractivity contribution in [1.82, 2.24) is 0 Å². The number of rotatable bonds is 1. The quantitative estimate of drug-likeness (QED) is 0.803. The molecular weight excluding hydrogens is 281 g/mol. The van der Waals surface area contributed by atoms with Crippen molar-refractivity contribution in [3.63, 3.8) is 0 Å². The maximum absolute atomic E-state index is 12.2. The fourth-order valence-corrected chi connectivity index (χ4v) is 4.55. The zero-order valence-corrected chi connectivity index (χ0v) is 10.7. The third-order valence-corrected chi connectivity index (χ3v) is 5.58. The fraction of sp³-hybridized carbons (Fsp3) is 0.154. The summed E-state index contributed by atoms with van der Waals surface area (Å²) in [6, 6.07) is 6.89. The zero-order valence-electron chi connectivity index (χ0n) is 8.98. The molecule has 2 aliphatic rings. The summed E-state index contributed by atoms with van der Waals surface area (Å²) in [6.45, 7) is 0. The molecule has 2 unspecified atom stereocenters. The summed E-state index contributed by atoms with van der Waals surface area (Å²) in [5.41, 5.74) is 0.797. The number of phenolic OH excluding ortho intramolecular Hbond substituents is 1. The van der Waals surface area contributed by atoms with Crippen LogP contribution in [0.25, 0.3) is 0 Å². The topological polar surface area (TPSA) is 40.5 Å². The van der Waals surface area contributed by atoms with E-state index in [0.717, 1.165) is 5.69 Å². The van der Waals surface area contributed by atoms with Crippen molar-refractivity contribution >= 4 is 26.8 Å². The second kappa shape index (κ2) is 4.06.